The molecule has 0 spiro atoms. The number of amides is 1. The smallest absolute Gasteiger partial charge is 0.331 e. The zero-order chi connectivity index (χ0) is 12.0. The van der Waals surface area contributed by atoms with Gasteiger partial charge >= 0.3 is 5.97 Å². The Labute approximate surface area is 94.2 Å². The van der Waals surface area contributed by atoms with Crippen LogP contribution in [0, 0.1) is 0 Å². The number of nitrogens with one attached hydrogen (secondary N) is 1. The maximum absolute atomic E-state index is 11.5. The molecule has 1 aliphatic heterocycles. The third-order valence-electron chi connectivity index (χ3n) is 2.32. The lowest BCUT2D eigenvalue weighted by Gasteiger charge is -2.33. The van der Waals surface area contributed by atoms with Crippen LogP contribution >= 0.6 is 0 Å². The van der Waals surface area contributed by atoms with Crippen molar-refractivity contribution in [3.8, 4) is 0 Å². The van der Waals surface area contributed by atoms with Crippen molar-refractivity contribution in [1.82, 2.24) is 10.2 Å². The number of ether oxygens (including phenoxy) is 2. The number of methoxy groups -OCH3 is 1. The van der Waals surface area contributed by atoms with Crippen molar-refractivity contribution in [3.05, 3.63) is 12.3 Å². The lowest BCUT2D eigenvalue weighted by Crippen LogP contribution is -2.50. The summed E-state index contributed by atoms with van der Waals surface area (Å²) in [6.07, 6.45) is 2.86. The van der Waals surface area contributed by atoms with Crippen LogP contribution in [-0.2, 0) is 19.1 Å². The molecule has 0 bridgehead atoms. The summed E-state index contributed by atoms with van der Waals surface area (Å²) in [5.74, 6) is -0.573. The quantitative estimate of drug-likeness (QED) is 0.502. The van der Waals surface area contributed by atoms with E-state index in [0.717, 1.165) is 0 Å². The molecule has 1 rings (SSSR count). The molecule has 0 aromatic heterocycles. The lowest BCUT2D eigenvalue weighted by molar-refractivity contribution is -0.135. The van der Waals surface area contributed by atoms with E-state index >= 15 is 0 Å². The Bertz CT molecular complexity index is 291. The minimum absolute atomic E-state index is 0.130. The highest BCUT2D eigenvalue weighted by Crippen LogP contribution is 2.07. The van der Waals surface area contributed by atoms with Crippen LogP contribution < -0.4 is 5.32 Å². The minimum Gasteiger partial charge on any atom is -0.466 e. The molecule has 1 fully saturated rings. The predicted molar refractivity (Wildman–Crippen MR) is 56.5 cm³/mol. The van der Waals surface area contributed by atoms with E-state index in [1.165, 1.54) is 13.2 Å². The van der Waals surface area contributed by atoms with Gasteiger partial charge in [-0.05, 0) is 0 Å². The minimum atomic E-state index is -0.442. The first kappa shape index (κ1) is 12.5. The molecule has 1 saturated heterocycles. The second kappa shape index (κ2) is 6.12. The van der Waals surface area contributed by atoms with Crippen LogP contribution in [-0.4, -0.2) is 56.7 Å². The predicted octanol–water partition coefficient (Wildman–Crippen LogP) is -0.880. The van der Waals surface area contributed by atoms with Crippen molar-refractivity contribution in [3.63, 3.8) is 0 Å². The highest BCUT2D eigenvalue weighted by molar-refractivity contribution is 5.83. The molecule has 0 aromatic rings. The normalized spacial score (nSPS) is 20.9. The van der Waals surface area contributed by atoms with Gasteiger partial charge in [-0.15, -0.1) is 0 Å². The molecule has 1 unspecified atom stereocenters. The van der Waals surface area contributed by atoms with E-state index in [0.29, 0.717) is 19.8 Å². The van der Waals surface area contributed by atoms with Gasteiger partial charge in [0.15, 0.2) is 0 Å². The number of esters is 1. The summed E-state index contributed by atoms with van der Waals surface area (Å²) < 4.78 is 9.69. The summed E-state index contributed by atoms with van der Waals surface area (Å²) in [5, 5.41) is 2.56. The van der Waals surface area contributed by atoms with Crippen molar-refractivity contribution in [2.75, 3.05) is 33.9 Å². The van der Waals surface area contributed by atoms with Crippen molar-refractivity contribution in [1.29, 1.82) is 0 Å². The molecule has 1 N–H and O–H groups in total. The second-order valence-electron chi connectivity index (χ2n) is 3.28. The van der Waals surface area contributed by atoms with Gasteiger partial charge in [-0.2, -0.15) is 0 Å². The van der Waals surface area contributed by atoms with Gasteiger partial charge in [0.05, 0.1) is 20.3 Å². The second-order valence-corrected chi connectivity index (χ2v) is 3.28. The van der Waals surface area contributed by atoms with Crippen LogP contribution in [0.25, 0.3) is 0 Å². The largest absolute Gasteiger partial charge is 0.466 e. The van der Waals surface area contributed by atoms with Crippen molar-refractivity contribution in [2.45, 2.75) is 6.04 Å². The maximum Gasteiger partial charge on any atom is 0.331 e. The first-order valence-electron chi connectivity index (χ1n) is 5.00. The number of morpholine rings is 1. The Kier molecular flexibility index (Phi) is 4.78. The molecule has 6 heteroatoms. The van der Waals surface area contributed by atoms with Gasteiger partial charge in [-0.25, -0.2) is 4.79 Å². The van der Waals surface area contributed by atoms with Gasteiger partial charge in [-0.1, -0.05) is 0 Å². The molecule has 0 aromatic carbocycles. The highest BCUT2D eigenvalue weighted by Gasteiger charge is 2.26. The Balaban J connectivity index is 2.63. The van der Waals surface area contributed by atoms with Crippen molar-refractivity contribution < 1.29 is 19.1 Å². The zero-order valence-electron chi connectivity index (χ0n) is 9.43. The van der Waals surface area contributed by atoms with E-state index in [-0.39, 0.29) is 11.9 Å². The summed E-state index contributed by atoms with van der Waals surface area (Å²) in [4.78, 5) is 24.2. The average Bonchev–Trinajstić information content (AvgIpc) is 2.35. The van der Waals surface area contributed by atoms with E-state index < -0.39 is 5.97 Å². The summed E-state index contributed by atoms with van der Waals surface area (Å²) >= 11 is 0. The van der Waals surface area contributed by atoms with Gasteiger partial charge in [-0.3, -0.25) is 4.79 Å². The third kappa shape index (κ3) is 3.23. The number of carbonyl (C=O) groups is 2. The summed E-state index contributed by atoms with van der Waals surface area (Å²) in [6.45, 7) is 1.44. The van der Waals surface area contributed by atoms with Crippen molar-refractivity contribution >= 4 is 11.9 Å². The fourth-order valence-corrected chi connectivity index (χ4v) is 1.41. The SMILES string of the molecule is CNC(=O)C1COCCN1/C=C/C(=O)OC. The number of likely N-dealkylation sites (N-methyl/N-ethyl adjacent to an activating group) is 1. The van der Waals surface area contributed by atoms with E-state index in [9.17, 15) is 9.59 Å². The molecule has 1 atom stereocenters. The van der Waals surface area contributed by atoms with Gasteiger partial charge in [0.2, 0.25) is 5.91 Å². The number of nitrogens with zero attached hydrogens (tertiary/aromatic N) is 1. The topological polar surface area (TPSA) is 67.9 Å². The Morgan fingerprint density at radius 1 is 1.56 bits per heavy atom. The molecule has 0 saturated carbocycles. The van der Waals surface area contributed by atoms with Crippen LogP contribution in [0.3, 0.4) is 0 Å². The maximum atomic E-state index is 11.5. The molecule has 1 aliphatic rings. The molecule has 90 valence electrons. The molecule has 0 aliphatic carbocycles. The zero-order valence-corrected chi connectivity index (χ0v) is 9.43. The first-order valence-corrected chi connectivity index (χ1v) is 5.00. The van der Waals surface area contributed by atoms with E-state index in [1.54, 1.807) is 18.1 Å². The van der Waals surface area contributed by atoms with E-state index in [2.05, 4.69) is 10.1 Å². The van der Waals surface area contributed by atoms with Crippen LogP contribution in [0.15, 0.2) is 12.3 Å². The Morgan fingerprint density at radius 3 is 2.94 bits per heavy atom. The molecule has 1 amide bonds. The van der Waals surface area contributed by atoms with Crippen molar-refractivity contribution in [2.24, 2.45) is 0 Å². The monoisotopic (exact) mass is 228 g/mol. The van der Waals surface area contributed by atoms with E-state index in [1.807, 2.05) is 0 Å². The third-order valence-corrected chi connectivity index (χ3v) is 2.32. The average molecular weight is 228 g/mol. The Hall–Kier alpha value is -1.56. The standard InChI is InChI=1S/C10H16N2O4/c1-11-10(14)8-7-16-6-5-12(8)4-3-9(13)15-2/h3-4,8H,5-7H2,1-2H3,(H,11,14)/b4-3+. The van der Waals surface area contributed by atoms with Gasteiger partial charge in [0, 0.05) is 25.9 Å². The summed E-state index contributed by atoms with van der Waals surface area (Å²) in [7, 11) is 2.88. The fraction of sp³-hybridized carbons (Fsp3) is 0.600. The molecule has 6 nitrogen and oxygen atoms in total. The van der Waals surface area contributed by atoms with Crippen LogP contribution in [0.1, 0.15) is 0 Å². The molecule has 0 radical (unpaired) electrons. The number of hydrogen-bond donors (Lipinski definition) is 1. The van der Waals surface area contributed by atoms with Crippen LogP contribution in [0.5, 0.6) is 0 Å². The summed E-state index contributed by atoms with van der Waals surface area (Å²) in [5.41, 5.74) is 0. The molecular formula is C10H16N2O4. The first-order chi connectivity index (χ1) is 7.69. The van der Waals surface area contributed by atoms with Gasteiger partial charge in [0.25, 0.3) is 0 Å². The van der Waals surface area contributed by atoms with Crippen LogP contribution in [0.4, 0.5) is 0 Å². The van der Waals surface area contributed by atoms with Gasteiger partial charge < -0.3 is 19.7 Å². The van der Waals surface area contributed by atoms with E-state index in [4.69, 9.17) is 4.74 Å². The molecule has 1 heterocycles. The number of hydrogen-bond acceptors (Lipinski definition) is 5. The lowest BCUT2D eigenvalue weighted by atomic mass is 10.2. The number of rotatable bonds is 3. The molecular weight excluding hydrogens is 212 g/mol. The molecule has 16 heavy (non-hydrogen) atoms. The Morgan fingerprint density at radius 2 is 2.31 bits per heavy atom. The number of carbonyl (C=O) groups excluding carboxylic acids is 2. The van der Waals surface area contributed by atoms with Gasteiger partial charge in [0.1, 0.15) is 6.04 Å². The van der Waals surface area contributed by atoms with Crippen LogP contribution in [0.2, 0.25) is 0 Å². The summed E-state index contributed by atoms with van der Waals surface area (Å²) in [6, 6.07) is -0.389. The fourth-order valence-electron chi connectivity index (χ4n) is 1.41. The highest BCUT2D eigenvalue weighted by atomic mass is 16.5.